The lowest BCUT2D eigenvalue weighted by Crippen LogP contribution is -2.05. The topological polar surface area (TPSA) is 129 Å². The molecule has 0 N–H and O–H groups in total. The van der Waals surface area contributed by atoms with E-state index in [0.717, 1.165) is 50.3 Å². The highest BCUT2D eigenvalue weighted by Crippen LogP contribution is 2.27. The van der Waals surface area contributed by atoms with Gasteiger partial charge >= 0.3 is 0 Å². The smallest absolute Gasteiger partial charge is 0.182 e. The fourth-order valence-electron chi connectivity index (χ4n) is 4.16. The van der Waals surface area contributed by atoms with E-state index in [4.69, 9.17) is 0 Å². The summed E-state index contributed by atoms with van der Waals surface area (Å²) >= 11 is 3.31. The monoisotopic (exact) mass is 686 g/mol. The molecule has 0 aliphatic carbocycles. The summed E-state index contributed by atoms with van der Waals surface area (Å²) in [6.45, 7) is 12.5. The molecule has 0 aliphatic rings. The molecule has 0 bridgehead atoms. The Kier molecular flexibility index (Phi) is 12.4. The highest BCUT2D eigenvalue weighted by molar-refractivity contribution is 7.13. The Morgan fingerprint density at radius 2 is 0.796 bits per heavy atom. The van der Waals surface area contributed by atoms with Gasteiger partial charge in [-0.25, -0.2) is 39.9 Å². The van der Waals surface area contributed by atoms with E-state index in [1.54, 1.807) is 47.5 Å². The van der Waals surface area contributed by atoms with Crippen molar-refractivity contribution in [2.45, 2.75) is 59.3 Å². The van der Waals surface area contributed by atoms with Crippen molar-refractivity contribution < 1.29 is 0 Å². The molecule has 0 aromatic carbocycles. The zero-order valence-electron chi connectivity index (χ0n) is 28.3. The molecule has 0 saturated carbocycles. The molecule has 7 rings (SSSR count). The zero-order valence-corrected chi connectivity index (χ0v) is 30.0. The average Bonchev–Trinajstić information content (AvgIpc) is 3.89. The van der Waals surface area contributed by atoms with Gasteiger partial charge in [0.25, 0.3) is 0 Å². The summed E-state index contributed by atoms with van der Waals surface area (Å²) in [6.07, 6.45) is 6.99. The first-order valence-corrected chi connectivity index (χ1v) is 17.7. The van der Waals surface area contributed by atoms with Gasteiger partial charge in [-0.3, -0.25) is 9.97 Å². The van der Waals surface area contributed by atoms with Gasteiger partial charge in [0.2, 0.25) is 0 Å². The van der Waals surface area contributed by atoms with Gasteiger partial charge in [0, 0.05) is 42.5 Å². The molecule has 7 aromatic heterocycles. The maximum atomic E-state index is 4.60. The van der Waals surface area contributed by atoms with Crippen LogP contribution >= 0.6 is 22.7 Å². The predicted octanol–water partition coefficient (Wildman–Crippen LogP) is 9.17. The van der Waals surface area contributed by atoms with Gasteiger partial charge in [-0.15, -0.1) is 22.7 Å². The van der Waals surface area contributed by atoms with Crippen molar-refractivity contribution in [3.05, 3.63) is 120 Å². The van der Waals surface area contributed by atoms with E-state index in [1.165, 1.54) is 0 Å². The third kappa shape index (κ3) is 9.91. The Balaban J connectivity index is 0.000000154. The predicted molar refractivity (Wildman–Crippen MR) is 197 cm³/mol. The molecule has 0 fully saturated rings. The number of aromatic nitrogens is 10. The fourth-order valence-corrected chi connectivity index (χ4v) is 5.48. The van der Waals surface area contributed by atoms with Crippen molar-refractivity contribution in [2.75, 3.05) is 0 Å². The third-order valence-corrected chi connectivity index (χ3v) is 8.44. The molecule has 12 heteroatoms. The molecular weight excluding hydrogens is 649 g/mol. The van der Waals surface area contributed by atoms with Crippen LogP contribution in [0.2, 0.25) is 0 Å². The summed E-state index contributed by atoms with van der Waals surface area (Å²) in [7, 11) is 0. The van der Waals surface area contributed by atoms with Gasteiger partial charge in [-0.2, -0.15) is 0 Å². The first-order valence-electron chi connectivity index (χ1n) is 16.0. The average molecular weight is 687 g/mol. The van der Waals surface area contributed by atoms with Crippen molar-refractivity contribution in [3.8, 4) is 44.4 Å². The van der Waals surface area contributed by atoms with Crippen LogP contribution in [0.5, 0.6) is 0 Å². The van der Waals surface area contributed by atoms with Crippen LogP contribution in [0.25, 0.3) is 44.4 Å². The van der Waals surface area contributed by atoms with Crippen LogP contribution in [0.1, 0.15) is 76.8 Å². The number of pyridine rings is 2. The molecule has 0 radical (unpaired) electrons. The van der Waals surface area contributed by atoms with Crippen LogP contribution in [0, 0.1) is 0 Å². The molecule has 49 heavy (non-hydrogen) atoms. The van der Waals surface area contributed by atoms with E-state index in [9.17, 15) is 0 Å². The second-order valence-corrected chi connectivity index (χ2v) is 13.5. The van der Waals surface area contributed by atoms with Crippen LogP contribution in [0.15, 0.2) is 102 Å². The summed E-state index contributed by atoms with van der Waals surface area (Å²) in [5.74, 6) is 6.15. The second-order valence-electron chi connectivity index (χ2n) is 11.6. The van der Waals surface area contributed by atoms with Crippen LogP contribution in [0.4, 0.5) is 0 Å². The van der Waals surface area contributed by atoms with Gasteiger partial charge in [0.05, 0.1) is 9.75 Å². The van der Waals surface area contributed by atoms with E-state index < -0.39 is 0 Å². The first kappa shape index (κ1) is 35.1. The quantitative estimate of drug-likeness (QED) is 0.160. The van der Waals surface area contributed by atoms with Gasteiger partial charge in [-0.05, 0) is 53.2 Å². The molecule has 0 saturated heterocycles. The number of hydrogen-bond donors (Lipinski definition) is 0. The standard InChI is InChI=1S/C16H15N5.C14H13N3S2.C7H10N2/c1-11(2)14-19-15(12-7-3-5-9-17-12)21-16(20-14)13-8-4-6-10-18-13;1-9(2)12-15-13(10-5-3-7-18-10)17-14(16-12)11-6-4-8-19-11;1-6(2)7-8-4-3-5-9-7/h3-11H,1-2H3;3-9H,1-2H3;3-6H,1-2H3. The van der Waals surface area contributed by atoms with E-state index in [0.29, 0.717) is 23.5 Å². The second kappa shape index (κ2) is 17.3. The molecule has 0 atom stereocenters. The normalized spacial score (nSPS) is 10.8. The Labute approximate surface area is 295 Å². The maximum Gasteiger partial charge on any atom is 0.182 e. The maximum absolute atomic E-state index is 4.60. The Bertz CT molecular complexity index is 1870. The van der Waals surface area contributed by atoms with Crippen LogP contribution in [-0.4, -0.2) is 49.8 Å². The van der Waals surface area contributed by atoms with Crippen LogP contribution in [-0.2, 0) is 0 Å². The summed E-state index contributed by atoms with van der Waals surface area (Å²) in [4.78, 5) is 46.2. The van der Waals surface area contributed by atoms with Crippen molar-refractivity contribution in [3.63, 3.8) is 0 Å². The largest absolute Gasteiger partial charge is 0.253 e. The van der Waals surface area contributed by atoms with Gasteiger partial charge in [0.1, 0.15) is 28.9 Å². The van der Waals surface area contributed by atoms with Crippen molar-refractivity contribution >= 4 is 22.7 Å². The summed E-state index contributed by atoms with van der Waals surface area (Å²) in [5, 5.41) is 4.08. The minimum absolute atomic E-state index is 0.206. The molecular formula is C37H38N10S2. The van der Waals surface area contributed by atoms with Gasteiger partial charge in [-0.1, -0.05) is 65.8 Å². The Hall–Kier alpha value is -5.20. The highest BCUT2D eigenvalue weighted by atomic mass is 32.1. The minimum Gasteiger partial charge on any atom is -0.253 e. The summed E-state index contributed by atoms with van der Waals surface area (Å²) in [6, 6.07) is 21.3. The number of hydrogen-bond acceptors (Lipinski definition) is 12. The molecule has 7 heterocycles. The van der Waals surface area contributed by atoms with Crippen molar-refractivity contribution in [2.24, 2.45) is 0 Å². The first-order chi connectivity index (χ1) is 23.8. The Morgan fingerprint density at radius 1 is 0.388 bits per heavy atom. The molecule has 0 spiro atoms. The third-order valence-electron chi connectivity index (χ3n) is 6.71. The lowest BCUT2D eigenvalue weighted by atomic mass is 10.2. The summed E-state index contributed by atoms with van der Waals surface area (Å²) in [5.41, 5.74) is 1.47. The molecule has 10 nitrogen and oxygen atoms in total. The molecule has 0 amide bonds. The molecule has 0 unspecified atom stereocenters. The highest BCUT2D eigenvalue weighted by Gasteiger charge is 2.15. The number of nitrogens with zero attached hydrogens (tertiary/aromatic N) is 10. The van der Waals surface area contributed by atoms with E-state index >= 15 is 0 Å². The lowest BCUT2D eigenvalue weighted by molar-refractivity contribution is 0.764. The molecule has 7 aromatic rings. The minimum atomic E-state index is 0.206. The lowest BCUT2D eigenvalue weighted by Gasteiger charge is -2.08. The van der Waals surface area contributed by atoms with E-state index in [2.05, 4.69) is 91.4 Å². The van der Waals surface area contributed by atoms with E-state index in [-0.39, 0.29) is 5.92 Å². The van der Waals surface area contributed by atoms with Crippen molar-refractivity contribution in [1.82, 2.24) is 49.8 Å². The summed E-state index contributed by atoms with van der Waals surface area (Å²) < 4.78 is 0. The molecule has 0 aliphatic heterocycles. The van der Waals surface area contributed by atoms with Gasteiger partial charge < -0.3 is 0 Å². The van der Waals surface area contributed by atoms with Crippen LogP contribution < -0.4 is 0 Å². The number of rotatable bonds is 7. The SMILES string of the molecule is CC(C)c1nc(-c2ccccn2)nc(-c2ccccn2)n1.CC(C)c1nc(-c2cccs2)nc(-c2cccs2)n1.CC(C)c1ncccn1. The zero-order chi connectivity index (χ0) is 34.6. The Morgan fingerprint density at radius 3 is 1.14 bits per heavy atom. The van der Waals surface area contributed by atoms with Gasteiger partial charge in [0.15, 0.2) is 23.3 Å². The van der Waals surface area contributed by atoms with Crippen LogP contribution in [0.3, 0.4) is 0 Å². The fraction of sp³-hybridized carbons (Fsp3) is 0.243. The number of thiophene rings is 2. The van der Waals surface area contributed by atoms with E-state index in [1.807, 2.05) is 77.5 Å². The molecule has 248 valence electrons. The van der Waals surface area contributed by atoms with Crippen molar-refractivity contribution in [1.29, 1.82) is 0 Å².